The fourth-order valence-corrected chi connectivity index (χ4v) is 9.04. The molecule has 5 aliphatic rings. The minimum absolute atomic E-state index is 0.160. The number of hydrogen-bond acceptors (Lipinski definition) is 6. The highest BCUT2D eigenvalue weighted by Gasteiger charge is 2.70. The molecule has 45 heavy (non-hydrogen) atoms. The molecule has 8 rings (SSSR count). The highest BCUT2D eigenvalue weighted by Crippen LogP contribution is 2.48. The van der Waals surface area contributed by atoms with Gasteiger partial charge in [-0.15, -0.1) is 0 Å². The third kappa shape index (κ3) is 4.22. The van der Waals surface area contributed by atoms with E-state index in [-0.39, 0.29) is 36.2 Å². The fourth-order valence-electron chi connectivity index (χ4n) is 9.04. The van der Waals surface area contributed by atoms with Gasteiger partial charge in [0.25, 0.3) is 11.8 Å². The van der Waals surface area contributed by atoms with Gasteiger partial charge in [-0.05, 0) is 69.2 Å². The van der Waals surface area contributed by atoms with Crippen molar-refractivity contribution in [3.63, 3.8) is 0 Å². The lowest BCUT2D eigenvalue weighted by Crippen LogP contribution is -2.71. The van der Waals surface area contributed by atoms with Crippen LogP contribution in [-0.4, -0.2) is 91.4 Å². The van der Waals surface area contributed by atoms with E-state index in [0.717, 1.165) is 17.5 Å². The van der Waals surface area contributed by atoms with Gasteiger partial charge in [-0.1, -0.05) is 42.5 Å². The number of nitrogens with one attached hydrogen (secondary N) is 2. The van der Waals surface area contributed by atoms with Crippen molar-refractivity contribution in [2.75, 3.05) is 13.1 Å². The number of aliphatic hydroxyl groups is 1. The number of aromatic amines is 1. The Kier molecular flexibility index (Phi) is 6.47. The van der Waals surface area contributed by atoms with Gasteiger partial charge in [0.05, 0.1) is 5.92 Å². The van der Waals surface area contributed by atoms with Gasteiger partial charge in [0, 0.05) is 54.6 Å². The van der Waals surface area contributed by atoms with Crippen molar-refractivity contribution in [2.45, 2.75) is 94.6 Å². The summed E-state index contributed by atoms with van der Waals surface area (Å²) in [7, 11) is 0. The molecule has 0 bridgehead atoms. The van der Waals surface area contributed by atoms with Crippen molar-refractivity contribution in [1.82, 2.24) is 25.0 Å². The normalized spacial score (nSPS) is 34.3. The third-order valence-electron chi connectivity index (χ3n) is 11.1. The second-order valence-electron chi connectivity index (χ2n) is 14.0. The van der Waals surface area contributed by atoms with Crippen LogP contribution in [0.25, 0.3) is 10.9 Å². The molecular weight excluding hydrogens is 570 g/mol. The Balaban J connectivity index is 1.09. The second kappa shape index (κ2) is 10.1. The van der Waals surface area contributed by atoms with Crippen molar-refractivity contribution < 1.29 is 24.2 Å². The second-order valence-corrected chi connectivity index (χ2v) is 14.0. The Hall–Kier alpha value is -3.73. The number of carbonyl (C=O) groups excluding carboxylic acids is 3. The van der Waals surface area contributed by atoms with E-state index in [1.54, 1.807) is 4.90 Å². The smallest absolute Gasteiger partial charge is 0.280 e. The number of ether oxygens (including phenoxy) is 1. The summed E-state index contributed by atoms with van der Waals surface area (Å²) in [6.45, 7) is 6.91. The molecule has 0 radical (unpaired) electrons. The molecule has 3 amide bonds. The van der Waals surface area contributed by atoms with Crippen LogP contribution in [0.4, 0.5) is 0 Å². The lowest BCUT2D eigenvalue weighted by atomic mass is 9.71. The molecule has 4 fully saturated rings. The first-order chi connectivity index (χ1) is 21.6. The van der Waals surface area contributed by atoms with Crippen LogP contribution in [0.2, 0.25) is 0 Å². The number of piperidine rings is 1. The number of piperazine rings is 1. The Bertz CT molecular complexity index is 1690. The van der Waals surface area contributed by atoms with Crippen LogP contribution >= 0.6 is 0 Å². The van der Waals surface area contributed by atoms with Crippen LogP contribution in [0.15, 0.2) is 54.7 Å². The number of benzene rings is 2. The maximum absolute atomic E-state index is 14.3. The van der Waals surface area contributed by atoms with Gasteiger partial charge in [-0.3, -0.25) is 28.9 Å². The predicted molar refractivity (Wildman–Crippen MR) is 167 cm³/mol. The summed E-state index contributed by atoms with van der Waals surface area (Å²) in [5.41, 5.74) is 2.75. The molecule has 1 aromatic heterocycles. The number of rotatable bonds is 5. The van der Waals surface area contributed by atoms with Crippen LogP contribution < -0.4 is 5.32 Å². The Labute approximate surface area is 262 Å². The first kappa shape index (κ1) is 28.7. The monoisotopic (exact) mass is 611 g/mol. The molecule has 10 nitrogen and oxygen atoms in total. The molecule has 4 saturated heterocycles. The van der Waals surface area contributed by atoms with Crippen LogP contribution in [0.5, 0.6) is 0 Å². The molecule has 2 aromatic carbocycles. The average molecular weight is 612 g/mol. The number of nitrogens with zero attached hydrogens (tertiary/aromatic N) is 3. The number of H-pyrrole nitrogens is 1. The van der Waals surface area contributed by atoms with Crippen LogP contribution in [0.1, 0.15) is 62.6 Å². The molecule has 3 N–H and O–H groups in total. The van der Waals surface area contributed by atoms with E-state index >= 15 is 0 Å². The standard InChI is InChI=1S/C35H41N5O5/c1-20(2)39-19-23(16-25-24-11-7-12-26-30(24)22(18-36-26)17-27(25)39)31(41)37-34(3)33(43)40-28(15-21-9-5-4-6-10-21)32(42)38-14-8-13-29(38)35(40,44)45-34/h4-7,9-12,18,20,23,25,27-29,36,44H,8,13-17,19H2,1-3H3,(H,37,41)/t23-,25?,27-,28?,29+,34-,35+/m1/s1. The summed E-state index contributed by atoms with van der Waals surface area (Å²) < 4.78 is 6.30. The number of amides is 3. The summed E-state index contributed by atoms with van der Waals surface area (Å²) in [6.07, 6.45) is 5.14. The van der Waals surface area contributed by atoms with E-state index in [2.05, 4.69) is 53.4 Å². The molecule has 4 aliphatic heterocycles. The van der Waals surface area contributed by atoms with Gasteiger partial charge in [0.1, 0.15) is 12.1 Å². The lowest BCUT2D eigenvalue weighted by molar-refractivity contribution is -0.315. The molecule has 7 atom stereocenters. The fraction of sp³-hybridized carbons (Fsp3) is 0.514. The van der Waals surface area contributed by atoms with Crippen molar-refractivity contribution in [2.24, 2.45) is 5.92 Å². The summed E-state index contributed by atoms with van der Waals surface area (Å²) in [5.74, 6) is -3.33. The van der Waals surface area contributed by atoms with Gasteiger partial charge in [0.15, 0.2) is 0 Å². The molecular formula is C35H41N5O5. The SMILES string of the molecule is CC(C)N1C[C@H](C(=O)N[C@]2(C)O[C@@]3(O)[C@@H]4CCCN4C(=O)C(Cc4ccccc4)N3C2=O)CC2c3cccc4[nH]cc(c34)C[C@H]21. The molecule has 0 spiro atoms. The number of aromatic nitrogens is 1. The first-order valence-electron chi connectivity index (χ1n) is 16.4. The number of fused-ring (bicyclic) bond motifs is 5. The summed E-state index contributed by atoms with van der Waals surface area (Å²) in [4.78, 5) is 51.0. The Morgan fingerprint density at radius 3 is 2.73 bits per heavy atom. The zero-order chi connectivity index (χ0) is 31.2. The Morgan fingerprint density at radius 1 is 1.16 bits per heavy atom. The summed E-state index contributed by atoms with van der Waals surface area (Å²) >= 11 is 0. The van der Waals surface area contributed by atoms with Crippen molar-refractivity contribution >= 4 is 28.6 Å². The van der Waals surface area contributed by atoms with E-state index in [0.29, 0.717) is 32.4 Å². The van der Waals surface area contributed by atoms with Crippen LogP contribution in [-0.2, 0) is 32.0 Å². The van der Waals surface area contributed by atoms with E-state index in [9.17, 15) is 19.5 Å². The van der Waals surface area contributed by atoms with Gasteiger partial charge in [0.2, 0.25) is 17.5 Å². The molecule has 3 aromatic rings. The topological polar surface area (TPSA) is 118 Å². The predicted octanol–water partition coefficient (Wildman–Crippen LogP) is 2.86. The van der Waals surface area contributed by atoms with Crippen LogP contribution in [0.3, 0.4) is 0 Å². The first-order valence-corrected chi connectivity index (χ1v) is 16.4. The third-order valence-corrected chi connectivity index (χ3v) is 11.1. The van der Waals surface area contributed by atoms with Gasteiger partial charge < -0.3 is 20.3 Å². The minimum atomic E-state index is -2.03. The molecule has 0 saturated carbocycles. The maximum Gasteiger partial charge on any atom is 0.280 e. The van der Waals surface area contributed by atoms with E-state index in [1.165, 1.54) is 28.3 Å². The summed E-state index contributed by atoms with van der Waals surface area (Å²) in [5, 5.41) is 16.3. The molecule has 236 valence electrons. The molecule has 5 heterocycles. The quantitative estimate of drug-likeness (QED) is 0.409. The maximum atomic E-state index is 14.3. The van der Waals surface area contributed by atoms with E-state index < -0.39 is 35.5 Å². The Morgan fingerprint density at radius 2 is 1.96 bits per heavy atom. The summed E-state index contributed by atoms with van der Waals surface area (Å²) in [6, 6.07) is 14.7. The van der Waals surface area contributed by atoms with Gasteiger partial charge >= 0.3 is 0 Å². The number of carbonyl (C=O) groups is 3. The highest BCUT2D eigenvalue weighted by molar-refractivity contribution is 5.97. The lowest BCUT2D eigenvalue weighted by Gasteiger charge is -2.49. The minimum Gasteiger partial charge on any atom is -0.361 e. The largest absolute Gasteiger partial charge is 0.361 e. The van der Waals surface area contributed by atoms with Crippen molar-refractivity contribution in [3.05, 3.63) is 71.4 Å². The average Bonchev–Trinajstić information content (AvgIpc) is 3.73. The molecule has 1 aliphatic carbocycles. The highest BCUT2D eigenvalue weighted by atomic mass is 16.7. The molecule has 2 unspecified atom stereocenters. The number of likely N-dealkylation sites (tertiary alicyclic amines) is 1. The zero-order valence-electron chi connectivity index (χ0n) is 26.0. The molecule has 10 heteroatoms. The van der Waals surface area contributed by atoms with Gasteiger partial charge in [-0.25, -0.2) is 0 Å². The van der Waals surface area contributed by atoms with Gasteiger partial charge in [-0.2, -0.15) is 0 Å². The van der Waals surface area contributed by atoms with Crippen molar-refractivity contribution in [3.8, 4) is 0 Å². The van der Waals surface area contributed by atoms with Crippen molar-refractivity contribution in [1.29, 1.82) is 0 Å². The number of hydrogen-bond donors (Lipinski definition) is 3. The zero-order valence-corrected chi connectivity index (χ0v) is 26.0. The van der Waals surface area contributed by atoms with E-state index in [1.807, 2.05) is 30.3 Å². The van der Waals surface area contributed by atoms with E-state index in [4.69, 9.17) is 4.74 Å². The van der Waals surface area contributed by atoms with Crippen LogP contribution in [0, 0.1) is 5.92 Å².